The number of carbonyl (C=O) groups excluding carboxylic acids is 1. The Morgan fingerprint density at radius 3 is 2.30 bits per heavy atom. The third-order valence-electron chi connectivity index (χ3n) is 3.78. The first-order chi connectivity index (χ1) is 11.2. The van der Waals surface area contributed by atoms with Crippen LogP contribution in [0, 0.1) is 9.81 Å². The molecule has 0 saturated heterocycles. The van der Waals surface area contributed by atoms with Gasteiger partial charge in [-0.2, -0.15) is 4.91 Å². The molecule has 0 saturated carbocycles. The molecule has 1 amide bonds. The van der Waals surface area contributed by atoms with Crippen LogP contribution in [-0.4, -0.2) is 43.0 Å². The lowest BCUT2D eigenvalue weighted by molar-refractivity contribution is -0.122. The van der Waals surface area contributed by atoms with E-state index in [9.17, 15) is 14.6 Å². The van der Waals surface area contributed by atoms with Gasteiger partial charge in [-0.3, -0.25) is 4.79 Å². The minimum Gasteiger partial charge on any atom is -0.354 e. The first-order valence-corrected chi connectivity index (χ1v) is 7.87. The van der Waals surface area contributed by atoms with Gasteiger partial charge >= 0.3 is 0 Å². The second kappa shape index (κ2) is 10.6. The Bertz CT molecular complexity index is 491. The van der Waals surface area contributed by atoms with Gasteiger partial charge in [0, 0.05) is 6.54 Å². The number of nitroso groups, excluding NO2 is 2. The van der Waals surface area contributed by atoms with Crippen LogP contribution in [0.2, 0.25) is 0 Å². The van der Waals surface area contributed by atoms with Crippen LogP contribution in [-0.2, 0) is 4.79 Å². The number of hydrogen-bond acceptors (Lipinski definition) is 6. The molecule has 1 aromatic carbocycles. The summed E-state index contributed by atoms with van der Waals surface area (Å²) in [6.07, 6.45) is 0.767. The Kier molecular flexibility index (Phi) is 8.67. The van der Waals surface area contributed by atoms with E-state index in [-0.39, 0.29) is 0 Å². The van der Waals surface area contributed by atoms with Crippen LogP contribution >= 0.6 is 0 Å². The zero-order chi connectivity index (χ0) is 17.1. The van der Waals surface area contributed by atoms with E-state index in [1.165, 1.54) is 0 Å². The predicted molar refractivity (Wildman–Crippen MR) is 90.0 cm³/mol. The van der Waals surface area contributed by atoms with Gasteiger partial charge < -0.3 is 10.2 Å². The number of nitrogens with one attached hydrogen (secondary N) is 1. The van der Waals surface area contributed by atoms with Gasteiger partial charge in [-0.15, -0.1) is 4.91 Å². The van der Waals surface area contributed by atoms with E-state index < -0.39 is 18.0 Å². The zero-order valence-electron chi connectivity index (χ0n) is 13.6. The van der Waals surface area contributed by atoms with Gasteiger partial charge in [-0.25, -0.2) is 0 Å². The summed E-state index contributed by atoms with van der Waals surface area (Å²) < 4.78 is 0. The molecule has 0 fully saturated rings. The lowest BCUT2D eigenvalue weighted by Gasteiger charge is -2.18. The maximum Gasteiger partial charge on any atom is 0.251 e. The normalized spacial score (nSPS) is 13.3. The average Bonchev–Trinajstić information content (AvgIpc) is 2.60. The zero-order valence-corrected chi connectivity index (χ0v) is 13.6. The molecule has 0 radical (unpaired) electrons. The lowest BCUT2D eigenvalue weighted by atomic mass is 10.00. The first-order valence-electron chi connectivity index (χ1n) is 7.87. The summed E-state index contributed by atoms with van der Waals surface area (Å²) in [5, 5.41) is 8.40. The van der Waals surface area contributed by atoms with Crippen molar-refractivity contribution in [3.05, 3.63) is 45.7 Å². The molecule has 0 spiro atoms. The topological polar surface area (TPSA) is 91.2 Å². The molecule has 2 atom stereocenters. The molecular formula is C16H24N4O3. The van der Waals surface area contributed by atoms with E-state index in [0.29, 0.717) is 12.1 Å². The minimum absolute atomic E-state index is 0.432. The second-order valence-electron chi connectivity index (χ2n) is 5.18. The Balaban J connectivity index is 2.57. The van der Waals surface area contributed by atoms with Crippen molar-refractivity contribution in [3.8, 4) is 0 Å². The summed E-state index contributed by atoms with van der Waals surface area (Å²) in [6.45, 7) is 7.35. The maximum absolute atomic E-state index is 12.1. The van der Waals surface area contributed by atoms with Crippen molar-refractivity contribution in [2.24, 2.45) is 10.4 Å². The van der Waals surface area contributed by atoms with Crippen LogP contribution in [0.15, 0.2) is 40.7 Å². The van der Waals surface area contributed by atoms with Gasteiger partial charge in [0.1, 0.15) is 0 Å². The van der Waals surface area contributed by atoms with Gasteiger partial charge in [-0.1, -0.05) is 54.5 Å². The third kappa shape index (κ3) is 5.86. The van der Waals surface area contributed by atoms with Gasteiger partial charge in [0.25, 0.3) is 5.91 Å². The minimum atomic E-state index is -1.34. The molecule has 0 aliphatic rings. The summed E-state index contributed by atoms with van der Waals surface area (Å²) in [4.78, 5) is 36.5. The van der Waals surface area contributed by atoms with Crippen molar-refractivity contribution in [1.29, 1.82) is 0 Å². The standard InChI is InChI=1S/C16H24N4O3/c1-3-20(4-2)12-8-11-17-16(21)15(19-23)14(18-22)13-9-6-5-7-10-13/h5-7,9-10,14-15H,3-4,8,11-12H2,1-2H3,(H,17,21). The molecular weight excluding hydrogens is 296 g/mol. The Hall–Kier alpha value is -2.15. The molecule has 7 heteroatoms. The van der Waals surface area contributed by atoms with Crippen LogP contribution in [0.3, 0.4) is 0 Å². The lowest BCUT2D eigenvalue weighted by Crippen LogP contribution is -2.38. The van der Waals surface area contributed by atoms with Crippen molar-refractivity contribution in [3.63, 3.8) is 0 Å². The fourth-order valence-corrected chi connectivity index (χ4v) is 2.36. The Morgan fingerprint density at radius 1 is 1.13 bits per heavy atom. The van der Waals surface area contributed by atoms with Crippen molar-refractivity contribution in [2.75, 3.05) is 26.2 Å². The third-order valence-corrected chi connectivity index (χ3v) is 3.78. The SMILES string of the molecule is CCN(CC)CCCNC(=O)C(N=O)C(N=O)c1ccccc1. The maximum atomic E-state index is 12.1. The van der Waals surface area contributed by atoms with E-state index >= 15 is 0 Å². The molecule has 0 bridgehead atoms. The van der Waals surface area contributed by atoms with Crippen LogP contribution in [0.4, 0.5) is 0 Å². The van der Waals surface area contributed by atoms with Crippen LogP contribution in [0.5, 0.6) is 0 Å². The Labute approximate surface area is 136 Å². The van der Waals surface area contributed by atoms with Gasteiger partial charge in [0.05, 0.1) is 0 Å². The number of rotatable bonds is 11. The highest BCUT2D eigenvalue weighted by Gasteiger charge is 2.31. The largest absolute Gasteiger partial charge is 0.354 e. The fraction of sp³-hybridized carbons (Fsp3) is 0.562. The van der Waals surface area contributed by atoms with E-state index in [0.717, 1.165) is 26.1 Å². The molecule has 0 heterocycles. The van der Waals surface area contributed by atoms with Crippen molar-refractivity contribution in [2.45, 2.75) is 32.4 Å². The number of amides is 1. The van der Waals surface area contributed by atoms with Crippen LogP contribution < -0.4 is 5.32 Å². The van der Waals surface area contributed by atoms with Crippen molar-refractivity contribution < 1.29 is 4.79 Å². The quantitative estimate of drug-likeness (QED) is 0.501. The molecule has 0 aliphatic carbocycles. The van der Waals surface area contributed by atoms with Gasteiger partial charge in [0.2, 0.25) is 0 Å². The molecule has 1 aromatic rings. The predicted octanol–water partition coefficient (Wildman–Crippen LogP) is 2.48. The van der Waals surface area contributed by atoms with Crippen molar-refractivity contribution >= 4 is 5.91 Å². The van der Waals surface area contributed by atoms with Gasteiger partial charge in [0.15, 0.2) is 12.1 Å². The first kappa shape index (κ1) is 18.9. The number of carbonyl (C=O) groups is 1. The van der Waals surface area contributed by atoms with E-state index in [1.54, 1.807) is 30.3 Å². The Morgan fingerprint density at radius 2 is 1.78 bits per heavy atom. The fourth-order valence-electron chi connectivity index (χ4n) is 2.36. The highest BCUT2D eigenvalue weighted by atomic mass is 16.3. The van der Waals surface area contributed by atoms with Crippen LogP contribution in [0.25, 0.3) is 0 Å². The van der Waals surface area contributed by atoms with E-state index in [1.807, 2.05) is 0 Å². The summed E-state index contributed by atoms with van der Waals surface area (Å²) in [7, 11) is 0. The van der Waals surface area contributed by atoms with E-state index in [4.69, 9.17) is 0 Å². The molecule has 0 aromatic heterocycles. The average molecular weight is 320 g/mol. The van der Waals surface area contributed by atoms with Gasteiger partial charge in [-0.05, 0) is 31.6 Å². The summed E-state index contributed by atoms with van der Waals surface area (Å²) in [6, 6.07) is 6.08. The smallest absolute Gasteiger partial charge is 0.251 e. The molecule has 0 aliphatic heterocycles. The highest BCUT2D eigenvalue weighted by molar-refractivity contribution is 5.83. The highest BCUT2D eigenvalue weighted by Crippen LogP contribution is 2.23. The summed E-state index contributed by atoms with van der Waals surface area (Å²) in [5.41, 5.74) is 0.505. The number of nitrogens with zero attached hydrogens (tertiary/aromatic N) is 3. The molecule has 2 unspecified atom stereocenters. The van der Waals surface area contributed by atoms with Crippen molar-refractivity contribution in [1.82, 2.24) is 10.2 Å². The summed E-state index contributed by atoms with van der Waals surface area (Å²) in [5.74, 6) is -0.562. The monoisotopic (exact) mass is 320 g/mol. The number of hydrogen-bond donors (Lipinski definition) is 1. The summed E-state index contributed by atoms with van der Waals surface area (Å²) >= 11 is 0. The number of benzene rings is 1. The molecule has 1 N–H and O–H groups in total. The second-order valence-corrected chi connectivity index (χ2v) is 5.18. The van der Waals surface area contributed by atoms with Crippen LogP contribution in [0.1, 0.15) is 31.9 Å². The molecule has 7 nitrogen and oxygen atoms in total. The van der Waals surface area contributed by atoms with E-state index in [2.05, 4.69) is 34.4 Å². The molecule has 1 rings (SSSR count). The molecule has 23 heavy (non-hydrogen) atoms. The molecule has 126 valence electrons.